The average molecular weight is 532 g/mol. The van der Waals surface area contributed by atoms with Crippen molar-refractivity contribution < 1.29 is 18.3 Å². The number of nitriles is 1. The van der Waals surface area contributed by atoms with Crippen molar-refractivity contribution in [2.45, 2.75) is 74.6 Å². The summed E-state index contributed by atoms with van der Waals surface area (Å²) in [5, 5.41) is 26.5. The van der Waals surface area contributed by atoms with E-state index in [0.717, 1.165) is 32.1 Å². The third kappa shape index (κ3) is 5.93. The van der Waals surface area contributed by atoms with Crippen LogP contribution in [0, 0.1) is 11.5 Å². The molecular formula is C25H30ClN5O4S. The number of aliphatic hydroxyl groups excluding tert-OH is 1. The van der Waals surface area contributed by atoms with Gasteiger partial charge in [-0.25, -0.2) is 18.1 Å². The Hall–Kier alpha value is -2.84. The molecule has 192 valence electrons. The Bertz CT molecular complexity index is 1270. The van der Waals surface area contributed by atoms with Gasteiger partial charge < -0.3 is 15.2 Å². The molecule has 36 heavy (non-hydrogen) atoms. The maximum Gasteiger partial charge on any atom is 0.240 e. The SMILES string of the molecule is CC1(C)Oc2ccc(S(=O)(=O)NC3CCCCC3)cc2[C@@H](N=C(NC#N)Nc2ccc(Cl)cc2)[C@@H]1O. The van der Waals surface area contributed by atoms with Gasteiger partial charge in [-0.1, -0.05) is 30.9 Å². The van der Waals surface area contributed by atoms with E-state index in [1.807, 2.05) is 6.19 Å². The third-order valence-corrected chi connectivity index (χ3v) is 8.24. The van der Waals surface area contributed by atoms with Crippen molar-refractivity contribution >= 4 is 33.3 Å². The Kier molecular flexibility index (Phi) is 7.76. The minimum atomic E-state index is -3.79. The van der Waals surface area contributed by atoms with Crippen molar-refractivity contribution in [2.24, 2.45) is 4.99 Å². The number of benzene rings is 2. The van der Waals surface area contributed by atoms with Gasteiger partial charge >= 0.3 is 0 Å². The van der Waals surface area contributed by atoms with Gasteiger partial charge in [0.1, 0.15) is 23.5 Å². The van der Waals surface area contributed by atoms with Crippen LogP contribution in [0.2, 0.25) is 5.02 Å². The molecule has 0 unspecified atom stereocenters. The number of guanidine groups is 1. The summed E-state index contributed by atoms with van der Waals surface area (Å²) in [6.45, 7) is 3.45. The molecule has 9 nitrogen and oxygen atoms in total. The second-order valence-electron chi connectivity index (χ2n) is 9.60. The van der Waals surface area contributed by atoms with Gasteiger partial charge in [0, 0.05) is 22.3 Å². The summed E-state index contributed by atoms with van der Waals surface area (Å²) in [7, 11) is -3.79. The molecule has 1 saturated carbocycles. The number of anilines is 1. The Morgan fingerprint density at radius 2 is 1.86 bits per heavy atom. The summed E-state index contributed by atoms with van der Waals surface area (Å²) in [6, 6.07) is 10.4. The minimum Gasteiger partial charge on any atom is -0.485 e. The highest BCUT2D eigenvalue weighted by atomic mass is 35.5. The van der Waals surface area contributed by atoms with E-state index in [1.54, 1.807) is 44.2 Å². The highest BCUT2D eigenvalue weighted by molar-refractivity contribution is 7.89. The first-order valence-corrected chi connectivity index (χ1v) is 13.7. The first-order valence-electron chi connectivity index (χ1n) is 11.9. The monoisotopic (exact) mass is 531 g/mol. The van der Waals surface area contributed by atoms with Gasteiger partial charge in [-0.3, -0.25) is 5.32 Å². The first kappa shape index (κ1) is 26.2. The number of ether oxygens (including phenoxy) is 1. The number of hydrogen-bond donors (Lipinski definition) is 4. The number of nitrogens with one attached hydrogen (secondary N) is 3. The average Bonchev–Trinajstić information content (AvgIpc) is 2.83. The molecule has 1 fully saturated rings. The van der Waals surface area contributed by atoms with Crippen molar-refractivity contribution in [2.75, 3.05) is 5.32 Å². The van der Waals surface area contributed by atoms with Crippen LogP contribution < -0.4 is 20.1 Å². The highest BCUT2D eigenvalue weighted by Crippen LogP contribution is 2.43. The van der Waals surface area contributed by atoms with Gasteiger partial charge in [0.05, 0.1) is 4.90 Å². The number of sulfonamides is 1. The maximum absolute atomic E-state index is 13.2. The van der Waals surface area contributed by atoms with Gasteiger partial charge in [0.25, 0.3) is 0 Å². The number of aliphatic hydroxyl groups is 1. The number of nitrogens with zero attached hydrogens (tertiary/aromatic N) is 2. The fourth-order valence-electron chi connectivity index (χ4n) is 4.52. The van der Waals surface area contributed by atoms with E-state index in [4.69, 9.17) is 16.3 Å². The van der Waals surface area contributed by atoms with Gasteiger partial charge in [-0.2, -0.15) is 5.26 Å². The zero-order chi connectivity index (χ0) is 25.9. The summed E-state index contributed by atoms with van der Waals surface area (Å²) in [5.41, 5.74) is 0.0124. The van der Waals surface area contributed by atoms with Crippen molar-refractivity contribution in [3.8, 4) is 11.9 Å². The van der Waals surface area contributed by atoms with Gasteiger partial charge in [0.15, 0.2) is 6.19 Å². The summed E-state index contributed by atoms with van der Waals surface area (Å²) in [5.74, 6) is 0.500. The topological polar surface area (TPSA) is 136 Å². The second kappa shape index (κ2) is 10.6. The van der Waals surface area contributed by atoms with Gasteiger partial charge in [0.2, 0.25) is 16.0 Å². The van der Waals surface area contributed by atoms with E-state index in [2.05, 4.69) is 20.3 Å². The van der Waals surface area contributed by atoms with Gasteiger partial charge in [-0.05, 0) is 69.2 Å². The zero-order valence-electron chi connectivity index (χ0n) is 20.2. The van der Waals surface area contributed by atoms with E-state index in [-0.39, 0.29) is 16.9 Å². The highest BCUT2D eigenvalue weighted by Gasteiger charge is 2.43. The molecule has 4 N–H and O–H groups in total. The van der Waals surface area contributed by atoms with E-state index < -0.39 is 27.8 Å². The lowest BCUT2D eigenvalue weighted by Gasteiger charge is -2.40. The number of fused-ring (bicyclic) bond motifs is 1. The standard InChI is InChI=1S/C25H30ClN5O4S/c1-25(2)23(32)22(30-24(28-15-27)29-17-10-8-16(26)9-11-17)20-14-19(12-13-21(20)35-25)36(33,34)31-18-6-4-3-5-7-18/h8-14,18,22-23,31-32H,3-7H2,1-2H3,(H2,28,29,30)/t22-,23+/m1/s1. The molecule has 0 radical (unpaired) electrons. The smallest absolute Gasteiger partial charge is 0.240 e. The van der Waals surface area contributed by atoms with E-state index in [9.17, 15) is 18.8 Å². The second-order valence-corrected chi connectivity index (χ2v) is 11.7. The lowest BCUT2D eigenvalue weighted by molar-refractivity contribution is -0.0568. The molecule has 0 spiro atoms. The fraction of sp³-hybridized carbons (Fsp3) is 0.440. The summed E-state index contributed by atoms with van der Waals surface area (Å²) in [6.07, 6.45) is 5.45. The molecule has 0 aromatic heterocycles. The van der Waals surface area contributed by atoms with Crippen LogP contribution in [0.3, 0.4) is 0 Å². The van der Waals surface area contributed by atoms with Crippen molar-refractivity contribution in [3.05, 3.63) is 53.1 Å². The zero-order valence-corrected chi connectivity index (χ0v) is 21.7. The molecule has 0 amide bonds. The van der Waals surface area contributed by atoms with E-state index in [1.165, 1.54) is 12.1 Å². The fourth-order valence-corrected chi connectivity index (χ4v) is 5.98. The molecular weight excluding hydrogens is 502 g/mol. The van der Waals surface area contributed by atoms with Crippen LogP contribution in [0.5, 0.6) is 5.75 Å². The molecule has 1 aliphatic carbocycles. The number of rotatable bonds is 5. The van der Waals surface area contributed by atoms with E-state index in [0.29, 0.717) is 22.0 Å². The number of hydrogen-bond acceptors (Lipinski definition) is 6. The summed E-state index contributed by atoms with van der Waals surface area (Å²) < 4.78 is 35.1. The van der Waals surface area contributed by atoms with Crippen LogP contribution in [-0.2, 0) is 10.0 Å². The Morgan fingerprint density at radius 3 is 2.53 bits per heavy atom. The Labute approximate surface area is 216 Å². The maximum atomic E-state index is 13.2. The predicted octanol–water partition coefficient (Wildman–Crippen LogP) is 4.06. The van der Waals surface area contributed by atoms with E-state index >= 15 is 0 Å². The quantitative estimate of drug-likeness (QED) is 0.198. The molecule has 0 saturated heterocycles. The lowest BCUT2D eigenvalue weighted by Crippen LogP contribution is -2.49. The first-order chi connectivity index (χ1) is 17.1. The molecule has 11 heteroatoms. The van der Waals surface area contributed by atoms with Crippen LogP contribution in [-0.4, -0.2) is 37.2 Å². The van der Waals surface area contributed by atoms with Crippen LogP contribution in [0.25, 0.3) is 0 Å². The molecule has 4 rings (SSSR count). The van der Waals surface area contributed by atoms with Gasteiger partial charge in [-0.15, -0.1) is 0 Å². The number of halogens is 1. The molecule has 0 bridgehead atoms. The van der Waals surface area contributed by atoms with Crippen molar-refractivity contribution in [1.29, 1.82) is 5.26 Å². The molecule has 2 aliphatic rings. The number of aliphatic imine (C=N–C) groups is 1. The van der Waals surface area contributed by atoms with Crippen LogP contribution >= 0.6 is 11.6 Å². The molecule has 2 aromatic rings. The molecule has 1 heterocycles. The third-order valence-electron chi connectivity index (χ3n) is 6.47. The predicted molar refractivity (Wildman–Crippen MR) is 138 cm³/mol. The molecule has 2 atom stereocenters. The Balaban J connectivity index is 1.70. The molecule has 2 aromatic carbocycles. The lowest BCUT2D eigenvalue weighted by atomic mass is 9.87. The minimum absolute atomic E-state index is 0.0722. The van der Waals surface area contributed by atoms with Crippen LogP contribution in [0.4, 0.5) is 5.69 Å². The Morgan fingerprint density at radius 1 is 1.17 bits per heavy atom. The normalized spacial score (nSPS) is 22.1. The van der Waals surface area contributed by atoms with Crippen molar-refractivity contribution in [1.82, 2.24) is 10.0 Å². The summed E-state index contributed by atoms with van der Waals surface area (Å²) >= 11 is 5.96. The van der Waals surface area contributed by atoms with Crippen molar-refractivity contribution in [3.63, 3.8) is 0 Å². The van der Waals surface area contributed by atoms with Crippen LogP contribution in [0.15, 0.2) is 52.4 Å². The largest absolute Gasteiger partial charge is 0.485 e. The van der Waals surface area contributed by atoms with Crippen LogP contribution in [0.1, 0.15) is 57.6 Å². The summed E-state index contributed by atoms with van der Waals surface area (Å²) in [4.78, 5) is 4.67. The molecule has 1 aliphatic heterocycles.